The van der Waals surface area contributed by atoms with Gasteiger partial charge in [0.1, 0.15) is 0 Å². The largest absolute Gasteiger partial charge is 0.310 e. The Morgan fingerprint density at radius 2 is 0.894 bits per heavy atom. The average Bonchev–Trinajstić information content (AvgIpc) is 3.15. The molecule has 0 heterocycles. The van der Waals surface area contributed by atoms with Gasteiger partial charge in [-0.15, -0.1) is 0 Å². The minimum atomic E-state index is 0.632. The third-order valence-corrected chi connectivity index (χ3v) is 8.87. The van der Waals surface area contributed by atoms with Crippen molar-refractivity contribution in [2.45, 2.75) is 0 Å². The first-order chi connectivity index (χ1) is 23.2. The Bertz CT molecular complexity index is 2400. The summed E-state index contributed by atoms with van der Waals surface area (Å²) in [5, 5.41) is 14.4. The van der Waals surface area contributed by atoms with Crippen LogP contribution in [0.1, 0.15) is 5.56 Å². The van der Waals surface area contributed by atoms with Gasteiger partial charge in [0.2, 0.25) is 0 Å². The number of anilines is 3. The van der Waals surface area contributed by atoms with Crippen LogP contribution in [0.15, 0.2) is 182 Å². The molecule has 8 aromatic rings. The van der Waals surface area contributed by atoms with E-state index in [0.29, 0.717) is 5.56 Å². The van der Waals surface area contributed by atoms with Crippen molar-refractivity contribution in [1.82, 2.24) is 0 Å². The van der Waals surface area contributed by atoms with E-state index in [0.717, 1.165) is 44.9 Å². The number of hydrogen-bond acceptors (Lipinski definition) is 2. The molecule has 0 bridgehead atoms. The second kappa shape index (κ2) is 12.2. The van der Waals surface area contributed by atoms with Gasteiger partial charge in [0.25, 0.3) is 0 Å². The molecule has 0 N–H and O–H groups in total. The average molecular weight is 599 g/mol. The molecule has 0 spiro atoms. The maximum Gasteiger partial charge on any atom is 0.0991 e. The van der Waals surface area contributed by atoms with Gasteiger partial charge >= 0.3 is 0 Å². The van der Waals surface area contributed by atoms with Gasteiger partial charge in [0.15, 0.2) is 0 Å². The maximum atomic E-state index is 9.59. The number of rotatable bonds is 6. The van der Waals surface area contributed by atoms with Crippen molar-refractivity contribution in [1.29, 1.82) is 5.26 Å². The van der Waals surface area contributed by atoms with Crippen molar-refractivity contribution in [2.75, 3.05) is 4.90 Å². The summed E-state index contributed by atoms with van der Waals surface area (Å²) in [6, 6.07) is 66.4. The Morgan fingerprint density at radius 1 is 0.383 bits per heavy atom. The van der Waals surface area contributed by atoms with Gasteiger partial charge in [-0.05, 0) is 104 Å². The third-order valence-electron chi connectivity index (χ3n) is 8.87. The van der Waals surface area contributed by atoms with Gasteiger partial charge < -0.3 is 4.90 Å². The van der Waals surface area contributed by atoms with Crippen LogP contribution in [0.4, 0.5) is 17.1 Å². The highest BCUT2D eigenvalue weighted by Crippen LogP contribution is 2.46. The van der Waals surface area contributed by atoms with Crippen molar-refractivity contribution in [2.24, 2.45) is 0 Å². The highest BCUT2D eigenvalue weighted by atomic mass is 15.1. The van der Waals surface area contributed by atoms with Gasteiger partial charge in [-0.2, -0.15) is 5.26 Å². The van der Waals surface area contributed by atoms with E-state index in [2.05, 4.69) is 163 Å². The van der Waals surface area contributed by atoms with Gasteiger partial charge in [-0.25, -0.2) is 0 Å². The molecule has 0 atom stereocenters. The van der Waals surface area contributed by atoms with Gasteiger partial charge in [0.05, 0.1) is 17.3 Å². The van der Waals surface area contributed by atoms with Crippen LogP contribution in [0.25, 0.3) is 54.9 Å². The first-order valence-corrected chi connectivity index (χ1v) is 15.8. The SMILES string of the molecule is N#Cc1ccc(N(c2ccc(-c3ccccc3)cc2)c2cccc(-c3ccc4ccccc4c3)c2-c2ccc3ccccc3c2)cc1. The molecule has 2 nitrogen and oxygen atoms in total. The second-order valence-electron chi connectivity index (χ2n) is 11.7. The van der Waals surface area contributed by atoms with Crippen molar-refractivity contribution in [3.8, 4) is 39.4 Å². The Hall–Kier alpha value is -6.43. The molecule has 0 saturated heterocycles. The molecule has 47 heavy (non-hydrogen) atoms. The predicted octanol–water partition coefficient (Wildman–Crippen LogP) is 12.3. The fraction of sp³-hybridized carbons (Fsp3) is 0. The summed E-state index contributed by atoms with van der Waals surface area (Å²) >= 11 is 0. The Kier molecular flexibility index (Phi) is 7.26. The van der Waals surface area contributed by atoms with Gasteiger partial charge in [0, 0.05) is 16.9 Å². The molecular weight excluding hydrogens is 569 g/mol. The fourth-order valence-corrected chi connectivity index (χ4v) is 6.52. The minimum absolute atomic E-state index is 0.632. The van der Waals surface area contributed by atoms with Crippen LogP contribution in [-0.2, 0) is 0 Å². The van der Waals surface area contributed by atoms with Crippen LogP contribution >= 0.6 is 0 Å². The number of benzene rings is 8. The summed E-state index contributed by atoms with van der Waals surface area (Å²) in [5.41, 5.74) is 10.6. The zero-order chi connectivity index (χ0) is 31.6. The summed E-state index contributed by atoms with van der Waals surface area (Å²) in [4.78, 5) is 2.31. The van der Waals surface area contributed by atoms with Crippen LogP contribution < -0.4 is 4.90 Å². The van der Waals surface area contributed by atoms with E-state index in [-0.39, 0.29) is 0 Å². The zero-order valence-electron chi connectivity index (χ0n) is 25.7. The normalized spacial score (nSPS) is 11.0. The first kappa shape index (κ1) is 28.1. The predicted molar refractivity (Wildman–Crippen MR) is 197 cm³/mol. The van der Waals surface area contributed by atoms with E-state index in [9.17, 15) is 5.26 Å². The molecule has 0 saturated carbocycles. The number of fused-ring (bicyclic) bond motifs is 2. The standard InChI is InChI=1S/C45H30N2/c46-31-32-17-25-41(26-18-32)47(42-27-23-36(24-28-42)33-9-2-1-3-10-33)44-16-8-15-43(39-21-19-34-11-4-6-13-37(34)29-39)45(44)40-22-20-35-12-5-7-14-38(35)30-40/h1-30H. The Labute approximate surface area is 275 Å². The van der Waals surface area contributed by atoms with E-state index in [1.165, 1.54) is 27.1 Å². The lowest BCUT2D eigenvalue weighted by molar-refractivity contribution is 1.28. The van der Waals surface area contributed by atoms with Gasteiger partial charge in [-0.3, -0.25) is 0 Å². The van der Waals surface area contributed by atoms with E-state index < -0.39 is 0 Å². The first-order valence-electron chi connectivity index (χ1n) is 15.8. The van der Waals surface area contributed by atoms with E-state index in [4.69, 9.17) is 0 Å². The molecule has 0 unspecified atom stereocenters. The molecule has 0 aromatic heterocycles. The summed E-state index contributed by atoms with van der Waals surface area (Å²) in [6.45, 7) is 0. The lowest BCUT2D eigenvalue weighted by atomic mass is 9.90. The van der Waals surface area contributed by atoms with E-state index in [1.54, 1.807) is 0 Å². The fourth-order valence-electron chi connectivity index (χ4n) is 6.52. The molecule has 8 rings (SSSR count). The quantitative estimate of drug-likeness (QED) is 0.190. The van der Waals surface area contributed by atoms with Crippen LogP contribution in [0.5, 0.6) is 0 Å². The molecule has 0 aliphatic heterocycles. The second-order valence-corrected chi connectivity index (χ2v) is 11.7. The van der Waals surface area contributed by atoms with Crippen molar-refractivity contribution < 1.29 is 0 Å². The van der Waals surface area contributed by atoms with Crippen molar-refractivity contribution in [3.63, 3.8) is 0 Å². The molecule has 0 aliphatic carbocycles. The lowest BCUT2D eigenvalue weighted by Gasteiger charge is -2.29. The maximum absolute atomic E-state index is 9.59. The van der Waals surface area contributed by atoms with E-state index >= 15 is 0 Å². The third kappa shape index (κ3) is 5.41. The van der Waals surface area contributed by atoms with Crippen LogP contribution in [0.3, 0.4) is 0 Å². The van der Waals surface area contributed by atoms with Crippen molar-refractivity contribution in [3.05, 3.63) is 188 Å². The molecular formula is C45H30N2. The monoisotopic (exact) mass is 598 g/mol. The highest BCUT2D eigenvalue weighted by molar-refractivity contribution is 6.01. The summed E-state index contributed by atoms with van der Waals surface area (Å²) in [6.07, 6.45) is 0. The summed E-state index contributed by atoms with van der Waals surface area (Å²) < 4.78 is 0. The molecule has 0 aliphatic rings. The minimum Gasteiger partial charge on any atom is -0.310 e. The molecule has 0 radical (unpaired) electrons. The smallest absolute Gasteiger partial charge is 0.0991 e. The topological polar surface area (TPSA) is 27.0 Å². The van der Waals surface area contributed by atoms with Crippen molar-refractivity contribution >= 4 is 38.6 Å². The summed E-state index contributed by atoms with van der Waals surface area (Å²) in [7, 11) is 0. The Balaban J connectivity index is 1.38. The lowest BCUT2D eigenvalue weighted by Crippen LogP contribution is -2.12. The number of nitriles is 1. The molecule has 8 aromatic carbocycles. The number of nitrogens with zero attached hydrogens (tertiary/aromatic N) is 2. The number of hydrogen-bond donors (Lipinski definition) is 0. The van der Waals surface area contributed by atoms with E-state index in [1.807, 2.05) is 30.3 Å². The van der Waals surface area contributed by atoms with Gasteiger partial charge in [-0.1, -0.05) is 127 Å². The molecule has 2 heteroatoms. The van der Waals surface area contributed by atoms with Crippen LogP contribution in [-0.4, -0.2) is 0 Å². The molecule has 220 valence electrons. The molecule has 0 amide bonds. The Morgan fingerprint density at radius 3 is 1.53 bits per heavy atom. The zero-order valence-corrected chi connectivity index (χ0v) is 25.7. The highest BCUT2D eigenvalue weighted by Gasteiger charge is 2.21. The molecule has 0 fully saturated rings. The summed E-state index contributed by atoms with van der Waals surface area (Å²) in [5.74, 6) is 0. The van der Waals surface area contributed by atoms with Crippen LogP contribution in [0, 0.1) is 11.3 Å². The van der Waals surface area contributed by atoms with Crippen LogP contribution in [0.2, 0.25) is 0 Å².